The van der Waals surface area contributed by atoms with Gasteiger partial charge in [0.15, 0.2) is 0 Å². The van der Waals surface area contributed by atoms with Crippen molar-refractivity contribution < 1.29 is 57.8 Å². The van der Waals surface area contributed by atoms with Crippen molar-refractivity contribution in [1.82, 2.24) is 31.2 Å². The lowest BCUT2D eigenvalue weighted by molar-refractivity contribution is -0.159. The molecule has 0 aliphatic heterocycles. The first kappa shape index (κ1) is 69.7. The van der Waals surface area contributed by atoms with Gasteiger partial charge in [-0.3, -0.25) is 29.2 Å². The van der Waals surface area contributed by atoms with Crippen LogP contribution in [0, 0.1) is 34.0 Å². The minimum Gasteiger partial charge on any atom is -0.461 e. The average Bonchev–Trinajstić information content (AvgIpc) is 4.18. The molecule has 76 heavy (non-hydrogen) atoms. The summed E-state index contributed by atoms with van der Waals surface area (Å²) in [6.45, 7) is 24.4. The zero-order valence-corrected chi connectivity index (χ0v) is 49.7. The maximum atomic E-state index is 12.8. The van der Waals surface area contributed by atoms with Gasteiger partial charge in [0, 0.05) is 20.1 Å². The highest BCUT2D eigenvalue weighted by Crippen LogP contribution is 2.29. The van der Waals surface area contributed by atoms with E-state index in [-0.39, 0.29) is 78.2 Å². The lowest BCUT2D eigenvalue weighted by atomic mass is 9.86. The Kier molecular flexibility index (Phi) is 33.0. The number of ether oxygens (including phenoxy) is 3. The summed E-state index contributed by atoms with van der Waals surface area (Å²) in [6.07, 6.45) is 20.5. The van der Waals surface area contributed by atoms with Crippen molar-refractivity contribution >= 4 is 48.4 Å². The van der Waals surface area contributed by atoms with Crippen LogP contribution in [0.2, 0.25) is 0 Å². The monoisotopic (exact) mass is 1080 g/mol. The number of hydroxylamine groups is 2. The lowest BCUT2D eigenvalue weighted by Crippen LogP contribution is -2.53. The van der Waals surface area contributed by atoms with Crippen LogP contribution < -0.4 is 21.3 Å². The van der Waals surface area contributed by atoms with Gasteiger partial charge in [-0.25, -0.2) is 19.4 Å². The Hall–Kier alpha value is -4.32. The molecule has 3 fully saturated rings. The molecule has 6 atom stereocenters. The third kappa shape index (κ3) is 27.3. The molecule has 0 spiro atoms. The average molecular weight is 1080 g/mol. The zero-order valence-electron chi connectivity index (χ0n) is 49.7. The second kappa shape index (κ2) is 36.0. The Morgan fingerprint density at radius 2 is 0.803 bits per heavy atom. The Balaban J connectivity index is 0.000000571. The molecule has 0 heterocycles. The molecule has 3 rings (SSSR count). The van der Waals surface area contributed by atoms with Crippen LogP contribution >= 0.6 is 0 Å². The molecule has 440 valence electrons. The van der Waals surface area contributed by atoms with E-state index in [1.165, 1.54) is 4.90 Å². The summed E-state index contributed by atoms with van der Waals surface area (Å²) in [7, 11) is 3.51. The van der Waals surface area contributed by atoms with Gasteiger partial charge in [0.2, 0.25) is 30.5 Å². The van der Waals surface area contributed by atoms with Crippen LogP contribution in [0.4, 0.5) is 0 Å². The SMILES string of the molecule is CCCC[C@H](CN(C)C=O)C(=O)N[C@H](C(=O)OC1CCCC1)C(C)(C)C.CCCC[C@H](CN(O)C=O)C(=O)N[C@H](C(=O)OC1CCCC1)C(C)(C)C.CCCC[C@H](CNC)C(=O)N[C@H](C(=O)OC1CCCC1)C(C)(C)C. The smallest absolute Gasteiger partial charge is 0.329 e. The van der Waals surface area contributed by atoms with Gasteiger partial charge in [0.1, 0.15) is 36.4 Å². The number of esters is 3. The molecular weight excluding hydrogens is 973 g/mol. The van der Waals surface area contributed by atoms with Crippen molar-refractivity contribution in [2.45, 2.75) is 254 Å². The van der Waals surface area contributed by atoms with Crippen molar-refractivity contribution in [3.63, 3.8) is 0 Å². The number of carbonyl (C=O) groups excluding carboxylic acids is 8. The van der Waals surface area contributed by atoms with E-state index in [1.54, 1.807) is 7.05 Å². The Morgan fingerprint density at radius 1 is 0.513 bits per heavy atom. The number of hydrogen-bond donors (Lipinski definition) is 5. The largest absolute Gasteiger partial charge is 0.461 e. The standard InChI is InChI=1S/C20H36N2O4.C19H34N2O5.C19H36N2O3/c1-6-7-10-15(13-22(5)14-23)18(24)21-17(20(2,3)4)19(25)26-16-11-8-9-12-16;1-5-6-9-14(12-21(25)13-22)17(23)20-16(19(2,3)4)18(24)26-15-10-7-8-11-15;1-6-7-10-14(13-20-5)17(22)21-16(19(2,3)4)18(23)24-15-11-8-9-12-15/h14-17H,6-13H2,1-5H3,(H,21,24);13-16,25H,5-12H2,1-4H3,(H,20,23);14-16,20H,6-13H2,1-5H3,(H,21,22)/t15-,17-;2*14-,16-/m111/s1. The molecule has 0 aromatic heterocycles. The highest BCUT2D eigenvalue weighted by Gasteiger charge is 2.40. The normalized spacial score (nSPS) is 17.7. The molecule has 3 saturated carbocycles. The van der Waals surface area contributed by atoms with Gasteiger partial charge in [0.05, 0.1) is 24.3 Å². The number of nitrogens with one attached hydrogen (secondary N) is 4. The van der Waals surface area contributed by atoms with Crippen LogP contribution in [0.5, 0.6) is 0 Å². The molecule has 5 amide bonds. The summed E-state index contributed by atoms with van der Waals surface area (Å²) in [4.78, 5) is 99.3. The van der Waals surface area contributed by atoms with Gasteiger partial charge in [-0.1, -0.05) is 122 Å². The maximum Gasteiger partial charge on any atom is 0.329 e. The van der Waals surface area contributed by atoms with Crippen molar-refractivity contribution in [3.05, 3.63) is 0 Å². The van der Waals surface area contributed by atoms with E-state index in [1.807, 2.05) is 76.3 Å². The van der Waals surface area contributed by atoms with Gasteiger partial charge in [-0.15, -0.1) is 0 Å². The van der Waals surface area contributed by atoms with E-state index in [4.69, 9.17) is 14.2 Å². The number of unbranched alkanes of at least 4 members (excludes halogenated alkanes) is 3. The molecule has 0 saturated heterocycles. The van der Waals surface area contributed by atoms with E-state index >= 15 is 0 Å². The Morgan fingerprint density at radius 3 is 1.07 bits per heavy atom. The summed E-state index contributed by atoms with van der Waals surface area (Å²) < 4.78 is 16.9. The maximum absolute atomic E-state index is 12.8. The number of carbonyl (C=O) groups is 8. The van der Waals surface area contributed by atoms with Gasteiger partial charge >= 0.3 is 17.9 Å². The van der Waals surface area contributed by atoms with E-state index in [2.05, 4.69) is 35.1 Å². The minimum atomic E-state index is -0.775. The lowest BCUT2D eigenvalue weighted by Gasteiger charge is -2.32. The fraction of sp³-hybridized carbons (Fsp3) is 0.862. The molecule has 18 nitrogen and oxygen atoms in total. The molecule has 0 radical (unpaired) electrons. The van der Waals surface area contributed by atoms with Crippen molar-refractivity contribution in [1.29, 1.82) is 0 Å². The number of hydrogen-bond acceptors (Lipinski definition) is 13. The summed E-state index contributed by atoms with van der Waals surface area (Å²) >= 11 is 0. The van der Waals surface area contributed by atoms with Crippen molar-refractivity contribution in [2.75, 3.05) is 33.7 Å². The Labute approximate surface area is 458 Å². The van der Waals surface area contributed by atoms with Crippen LogP contribution in [0.3, 0.4) is 0 Å². The molecule has 5 N–H and O–H groups in total. The fourth-order valence-electron chi connectivity index (χ4n) is 9.58. The van der Waals surface area contributed by atoms with E-state index in [0.717, 1.165) is 128 Å². The van der Waals surface area contributed by atoms with Gasteiger partial charge in [-0.05, 0) is 120 Å². The number of nitrogens with zero attached hydrogens (tertiary/aromatic N) is 2. The third-order valence-electron chi connectivity index (χ3n) is 14.4. The van der Waals surface area contributed by atoms with Crippen LogP contribution in [-0.2, 0) is 52.6 Å². The number of rotatable bonds is 29. The van der Waals surface area contributed by atoms with E-state index < -0.39 is 40.8 Å². The molecule has 0 unspecified atom stereocenters. The zero-order chi connectivity index (χ0) is 57.6. The molecule has 0 aromatic carbocycles. The second-order valence-corrected chi connectivity index (χ2v) is 24.8. The molecule has 0 bridgehead atoms. The molecule has 3 aliphatic carbocycles. The molecular formula is C58H106N6O12. The Bertz CT molecular complexity index is 1640. The van der Waals surface area contributed by atoms with Crippen LogP contribution in [-0.4, -0.2) is 134 Å². The predicted octanol–water partition coefficient (Wildman–Crippen LogP) is 8.58. The summed E-state index contributed by atoms with van der Waals surface area (Å²) in [6, 6.07) is -2.07. The molecule has 3 aliphatic rings. The molecule has 0 aromatic rings. The predicted molar refractivity (Wildman–Crippen MR) is 295 cm³/mol. The minimum absolute atomic E-state index is 0.0208. The topological polar surface area (TPSA) is 239 Å². The quantitative estimate of drug-likeness (QED) is 0.0155. The van der Waals surface area contributed by atoms with Crippen LogP contribution in [0.25, 0.3) is 0 Å². The first-order valence-corrected chi connectivity index (χ1v) is 28.9. The first-order valence-electron chi connectivity index (χ1n) is 28.9. The summed E-state index contributed by atoms with van der Waals surface area (Å²) in [5.74, 6) is -2.65. The van der Waals surface area contributed by atoms with Gasteiger partial charge in [0.25, 0.3) is 0 Å². The third-order valence-corrected chi connectivity index (χ3v) is 14.4. The highest BCUT2D eigenvalue weighted by atomic mass is 16.6. The first-order chi connectivity index (χ1) is 35.7. The fourth-order valence-corrected chi connectivity index (χ4v) is 9.58. The van der Waals surface area contributed by atoms with E-state index in [9.17, 15) is 43.6 Å². The second-order valence-electron chi connectivity index (χ2n) is 24.8. The van der Waals surface area contributed by atoms with Crippen molar-refractivity contribution in [2.24, 2.45) is 34.0 Å². The molecule has 18 heteroatoms. The van der Waals surface area contributed by atoms with Crippen molar-refractivity contribution in [3.8, 4) is 0 Å². The van der Waals surface area contributed by atoms with Crippen LogP contribution in [0.15, 0.2) is 0 Å². The summed E-state index contributed by atoms with van der Waals surface area (Å²) in [5, 5.41) is 21.7. The van der Waals surface area contributed by atoms with Gasteiger partial charge < -0.3 is 40.4 Å². The van der Waals surface area contributed by atoms with Crippen LogP contribution in [0.1, 0.15) is 218 Å². The van der Waals surface area contributed by atoms with Gasteiger partial charge in [-0.2, -0.15) is 0 Å². The summed E-state index contributed by atoms with van der Waals surface area (Å²) in [5.41, 5.74) is -1.33. The van der Waals surface area contributed by atoms with E-state index in [0.29, 0.717) is 31.0 Å². The number of amides is 5. The highest BCUT2D eigenvalue weighted by molar-refractivity contribution is 5.88.